The molecule has 0 saturated heterocycles. The van der Waals surface area contributed by atoms with Gasteiger partial charge in [0.25, 0.3) is 23.6 Å². The van der Waals surface area contributed by atoms with Gasteiger partial charge in [-0.15, -0.1) is 0 Å². The van der Waals surface area contributed by atoms with Crippen LogP contribution in [0.5, 0.6) is 23.0 Å². The Morgan fingerprint density at radius 1 is 0.438 bits per heavy atom. The lowest BCUT2D eigenvalue weighted by Gasteiger charge is -2.14. The predicted octanol–water partition coefficient (Wildman–Crippen LogP) is 7.28. The van der Waals surface area contributed by atoms with Crippen molar-refractivity contribution >= 4 is 46.6 Å². The van der Waals surface area contributed by atoms with Crippen molar-refractivity contribution in [3.8, 4) is 23.0 Å². The third kappa shape index (κ3) is 5.21. The summed E-state index contributed by atoms with van der Waals surface area (Å²) in [6, 6.07) is 28.4. The number of nitrogens with zero attached hydrogens (tertiary/aromatic N) is 2. The Labute approximate surface area is 273 Å². The molecule has 10 nitrogen and oxygen atoms in total. The van der Waals surface area contributed by atoms with Crippen molar-refractivity contribution in [2.45, 2.75) is 13.8 Å². The molecule has 0 aliphatic carbocycles. The Morgan fingerprint density at radius 2 is 0.792 bits per heavy atom. The molecule has 2 aliphatic heterocycles. The fourth-order valence-corrected chi connectivity index (χ4v) is 5.60. The van der Waals surface area contributed by atoms with Gasteiger partial charge in [-0.25, -0.2) is 9.80 Å². The minimum Gasteiger partial charge on any atom is -0.457 e. The lowest BCUT2D eigenvalue weighted by Crippen LogP contribution is -2.29. The van der Waals surface area contributed by atoms with Gasteiger partial charge >= 0.3 is 0 Å². The number of benzene rings is 5. The number of ketones is 2. The first-order valence-electron chi connectivity index (χ1n) is 14.8. The van der Waals surface area contributed by atoms with E-state index in [9.17, 15) is 28.8 Å². The molecule has 4 amide bonds. The highest BCUT2D eigenvalue weighted by atomic mass is 16.5. The molecular formula is C38H24N2O8. The molecule has 0 spiro atoms. The summed E-state index contributed by atoms with van der Waals surface area (Å²) >= 11 is 0. The second-order valence-corrected chi connectivity index (χ2v) is 11.2. The largest absolute Gasteiger partial charge is 0.457 e. The molecule has 7 rings (SSSR count). The van der Waals surface area contributed by atoms with Crippen LogP contribution >= 0.6 is 0 Å². The van der Waals surface area contributed by atoms with Gasteiger partial charge in [0.2, 0.25) is 0 Å². The topological polar surface area (TPSA) is 127 Å². The minimum absolute atomic E-state index is 0.124. The standard InChI is InChI=1S/C38H24N2O8/c1-21(41)23-6-10-25(11-7-23)39-35(43)31-16-14-29(19-33(31)37(39)45)47-27-4-3-5-28(18-27)48-30-15-17-32-34(20-30)38(46)40(36(32)44)26-12-8-24(9-13-26)22(2)42/h3-20H,1-2H3. The molecule has 48 heavy (non-hydrogen) atoms. The van der Waals surface area contributed by atoms with E-state index in [4.69, 9.17) is 9.47 Å². The molecule has 5 aromatic carbocycles. The van der Waals surface area contributed by atoms with Gasteiger partial charge in [0, 0.05) is 17.2 Å². The maximum atomic E-state index is 13.3. The highest BCUT2D eigenvalue weighted by Crippen LogP contribution is 2.36. The van der Waals surface area contributed by atoms with Gasteiger partial charge in [-0.05, 0) is 111 Å². The maximum absolute atomic E-state index is 13.3. The molecule has 0 bridgehead atoms. The van der Waals surface area contributed by atoms with Crippen molar-refractivity contribution in [1.82, 2.24) is 0 Å². The first kappa shape index (κ1) is 30.0. The normalized spacial score (nSPS) is 13.5. The van der Waals surface area contributed by atoms with Crippen molar-refractivity contribution in [3.63, 3.8) is 0 Å². The average molecular weight is 637 g/mol. The van der Waals surface area contributed by atoms with Crippen LogP contribution in [0.1, 0.15) is 76.0 Å². The number of Topliss-reactive ketones (excluding diaryl/α,β-unsaturated/α-hetero) is 2. The van der Waals surface area contributed by atoms with E-state index in [-0.39, 0.29) is 33.8 Å². The zero-order valence-corrected chi connectivity index (χ0v) is 25.6. The third-order valence-corrected chi connectivity index (χ3v) is 8.06. The second-order valence-electron chi connectivity index (χ2n) is 11.2. The van der Waals surface area contributed by atoms with E-state index in [0.717, 1.165) is 9.80 Å². The molecule has 234 valence electrons. The fourth-order valence-electron chi connectivity index (χ4n) is 5.60. The lowest BCUT2D eigenvalue weighted by atomic mass is 10.1. The molecule has 2 heterocycles. The zero-order valence-electron chi connectivity index (χ0n) is 25.6. The molecule has 0 radical (unpaired) electrons. The van der Waals surface area contributed by atoms with Crippen molar-refractivity contribution in [2.24, 2.45) is 0 Å². The van der Waals surface area contributed by atoms with E-state index < -0.39 is 23.6 Å². The first-order valence-corrected chi connectivity index (χ1v) is 14.8. The Balaban J connectivity index is 1.07. The predicted molar refractivity (Wildman–Crippen MR) is 175 cm³/mol. The molecule has 0 aromatic heterocycles. The van der Waals surface area contributed by atoms with E-state index in [1.807, 2.05) is 0 Å². The summed E-state index contributed by atoms with van der Waals surface area (Å²) in [6.07, 6.45) is 0. The number of hydrogen-bond donors (Lipinski definition) is 0. The highest BCUT2D eigenvalue weighted by Gasteiger charge is 2.38. The molecule has 10 heteroatoms. The summed E-state index contributed by atoms with van der Waals surface area (Å²) in [5.41, 5.74) is 2.48. The van der Waals surface area contributed by atoms with Gasteiger partial charge in [-0.3, -0.25) is 28.8 Å². The van der Waals surface area contributed by atoms with Crippen molar-refractivity contribution < 1.29 is 38.2 Å². The van der Waals surface area contributed by atoms with Crippen LogP contribution in [0.15, 0.2) is 109 Å². The van der Waals surface area contributed by atoms with Crippen molar-refractivity contribution in [3.05, 3.63) is 143 Å². The van der Waals surface area contributed by atoms with Crippen LogP contribution in [-0.2, 0) is 0 Å². The number of fused-ring (bicyclic) bond motifs is 2. The SMILES string of the molecule is CC(=O)c1ccc(N2C(=O)c3ccc(Oc4cccc(Oc5ccc6c(c5)C(=O)N(c5ccc(C(C)=O)cc5)C6=O)c4)cc3C2=O)cc1. The fraction of sp³-hybridized carbons (Fsp3) is 0.0526. The van der Waals surface area contributed by atoms with Gasteiger partial charge in [0.1, 0.15) is 23.0 Å². The number of carbonyl (C=O) groups excluding carboxylic acids is 6. The Hall–Kier alpha value is -6.68. The monoisotopic (exact) mass is 636 g/mol. The number of hydrogen-bond acceptors (Lipinski definition) is 8. The van der Waals surface area contributed by atoms with Crippen LogP contribution in [-0.4, -0.2) is 35.2 Å². The molecular weight excluding hydrogens is 612 g/mol. The third-order valence-electron chi connectivity index (χ3n) is 8.06. The number of amides is 4. The summed E-state index contributed by atoms with van der Waals surface area (Å²) < 4.78 is 12.0. The first-order chi connectivity index (χ1) is 23.1. The molecule has 0 atom stereocenters. The maximum Gasteiger partial charge on any atom is 0.266 e. The van der Waals surface area contributed by atoms with E-state index in [2.05, 4.69) is 0 Å². The lowest BCUT2D eigenvalue weighted by molar-refractivity contribution is 0.0910. The number of ether oxygens (including phenoxy) is 2. The summed E-state index contributed by atoms with van der Waals surface area (Å²) in [5.74, 6) is -0.817. The van der Waals surface area contributed by atoms with Gasteiger partial charge < -0.3 is 9.47 Å². The summed E-state index contributed by atoms with van der Waals surface area (Å²) in [6.45, 7) is 2.87. The number of rotatable bonds is 8. The minimum atomic E-state index is -0.510. The van der Waals surface area contributed by atoms with Gasteiger partial charge in [-0.2, -0.15) is 0 Å². The van der Waals surface area contributed by atoms with E-state index in [1.54, 1.807) is 84.9 Å². The summed E-state index contributed by atoms with van der Waals surface area (Å²) in [5, 5.41) is 0. The van der Waals surface area contributed by atoms with Gasteiger partial charge in [0.05, 0.1) is 33.6 Å². The molecule has 5 aromatic rings. The Kier molecular flexibility index (Phi) is 7.25. The van der Waals surface area contributed by atoms with E-state index in [0.29, 0.717) is 45.5 Å². The summed E-state index contributed by atoms with van der Waals surface area (Å²) in [7, 11) is 0. The quantitative estimate of drug-likeness (QED) is 0.128. The van der Waals surface area contributed by atoms with Gasteiger partial charge in [-0.1, -0.05) is 6.07 Å². The van der Waals surface area contributed by atoms with Crippen LogP contribution < -0.4 is 19.3 Å². The zero-order chi connectivity index (χ0) is 33.7. The van der Waals surface area contributed by atoms with Crippen molar-refractivity contribution in [2.75, 3.05) is 9.80 Å². The highest BCUT2D eigenvalue weighted by molar-refractivity contribution is 6.35. The van der Waals surface area contributed by atoms with Crippen LogP contribution in [0.2, 0.25) is 0 Å². The van der Waals surface area contributed by atoms with Crippen LogP contribution in [0, 0.1) is 0 Å². The average Bonchev–Trinajstić information content (AvgIpc) is 3.48. The smallest absolute Gasteiger partial charge is 0.266 e. The molecule has 0 N–H and O–H groups in total. The van der Waals surface area contributed by atoms with Crippen LogP contribution in [0.4, 0.5) is 11.4 Å². The number of anilines is 2. The molecule has 2 aliphatic rings. The second kappa shape index (κ2) is 11.6. The molecule has 0 fully saturated rings. The molecule has 0 saturated carbocycles. The summed E-state index contributed by atoms with van der Waals surface area (Å²) in [4.78, 5) is 78.0. The number of carbonyl (C=O) groups is 6. The van der Waals surface area contributed by atoms with Gasteiger partial charge in [0.15, 0.2) is 11.6 Å². The Morgan fingerprint density at radius 3 is 1.17 bits per heavy atom. The van der Waals surface area contributed by atoms with Crippen molar-refractivity contribution in [1.29, 1.82) is 0 Å². The van der Waals surface area contributed by atoms with E-state index in [1.165, 1.54) is 38.1 Å². The van der Waals surface area contributed by atoms with Crippen LogP contribution in [0.3, 0.4) is 0 Å². The number of imide groups is 2. The molecule has 0 unspecified atom stereocenters. The Bertz CT molecular complexity index is 2070. The van der Waals surface area contributed by atoms with Crippen LogP contribution in [0.25, 0.3) is 0 Å². The van der Waals surface area contributed by atoms with E-state index >= 15 is 0 Å².